The number of carbonyl (C=O) groups excluding carboxylic acids is 1. The monoisotopic (exact) mass is 232 g/mol. The van der Waals surface area contributed by atoms with Gasteiger partial charge in [0, 0.05) is 18.0 Å². The van der Waals surface area contributed by atoms with Crippen molar-refractivity contribution in [2.45, 2.75) is 57.0 Å². The maximum Gasteiger partial charge on any atom is 0.223 e. The average molecular weight is 233 g/mol. The minimum absolute atomic E-state index is 0. The number of carbonyl (C=O) groups is 1. The van der Waals surface area contributed by atoms with E-state index in [1.165, 1.54) is 32.1 Å². The van der Waals surface area contributed by atoms with Gasteiger partial charge >= 0.3 is 0 Å². The molecule has 0 unspecified atom stereocenters. The highest BCUT2D eigenvalue weighted by molar-refractivity contribution is 5.85. The lowest BCUT2D eigenvalue weighted by atomic mass is 9.80. The molecule has 2 aliphatic rings. The molecule has 0 bridgehead atoms. The Morgan fingerprint density at radius 3 is 2.27 bits per heavy atom. The highest BCUT2D eigenvalue weighted by Gasteiger charge is 2.32. The molecular weight excluding hydrogens is 212 g/mol. The third kappa shape index (κ3) is 3.35. The minimum atomic E-state index is 0. The average Bonchev–Trinajstić information content (AvgIpc) is 2.14. The van der Waals surface area contributed by atoms with Gasteiger partial charge in [-0.05, 0) is 25.7 Å². The summed E-state index contributed by atoms with van der Waals surface area (Å²) < 4.78 is 0. The summed E-state index contributed by atoms with van der Waals surface area (Å²) in [6.45, 7) is 0. The highest BCUT2D eigenvalue weighted by atomic mass is 35.5. The van der Waals surface area contributed by atoms with Crippen molar-refractivity contribution in [3.8, 4) is 0 Å². The van der Waals surface area contributed by atoms with Gasteiger partial charge in [-0.3, -0.25) is 4.79 Å². The molecule has 0 saturated heterocycles. The zero-order valence-electron chi connectivity index (χ0n) is 9.08. The van der Waals surface area contributed by atoms with E-state index < -0.39 is 0 Å². The summed E-state index contributed by atoms with van der Waals surface area (Å²) in [6.07, 6.45) is 8.00. The quantitative estimate of drug-likeness (QED) is 0.760. The van der Waals surface area contributed by atoms with Gasteiger partial charge in [0.2, 0.25) is 5.91 Å². The Balaban J connectivity index is 0.00000112. The molecule has 1 amide bonds. The van der Waals surface area contributed by atoms with Crippen molar-refractivity contribution in [1.29, 1.82) is 0 Å². The van der Waals surface area contributed by atoms with Crippen LogP contribution in [0.1, 0.15) is 44.9 Å². The van der Waals surface area contributed by atoms with Crippen LogP contribution in [0.15, 0.2) is 0 Å². The molecule has 2 aliphatic carbocycles. The Labute approximate surface area is 97.6 Å². The second kappa shape index (κ2) is 5.71. The van der Waals surface area contributed by atoms with E-state index in [0.29, 0.717) is 6.04 Å². The molecule has 15 heavy (non-hydrogen) atoms. The molecule has 3 N–H and O–H groups in total. The molecule has 88 valence electrons. The summed E-state index contributed by atoms with van der Waals surface area (Å²) in [5, 5.41) is 3.15. The SMILES string of the molecule is Cl.NC1CC(C(=O)NC2CCCCC2)C1. The van der Waals surface area contributed by atoms with Crippen LogP contribution >= 0.6 is 12.4 Å². The summed E-state index contributed by atoms with van der Waals surface area (Å²) in [4.78, 5) is 11.7. The summed E-state index contributed by atoms with van der Waals surface area (Å²) in [5.74, 6) is 0.463. The van der Waals surface area contributed by atoms with Gasteiger partial charge < -0.3 is 11.1 Å². The lowest BCUT2D eigenvalue weighted by molar-refractivity contribution is -0.128. The molecule has 0 aromatic rings. The van der Waals surface area contributed by atoms with Crippen molar-refractivity contribution in [2.24, 2.45) is 11.7 Å². The Morgan fingerprint density at radius 1 is 1.13 bits per heavy atom. The fourth-order valence-corrected chi connectivity index (χ4v) is 2.44. The molecule has 4 heteroatoms. The molecule has 0 spiro atoms. The lowest BCUT2D eigenvalue weighted by Gasteiger charge is -2.33. The molecule has 2 fully saturated rings. The Bertz CT molecular complexity index is 211. The van der Waals surface area contributed by atoms with E-state index in [0.717, 1.165) is 12.8 Å². The van der Waals surface area contributed by atoms with Crippen LogP contribution in [-0.2, 0) is 4.79 Å². The molecule has 0 radical (unpaired) electrons. The molecule has 2 saturated carbocycles. The van der Waals surface area contributed by atoms with Crippen molar-refractivity contribution < 1.29 is 4.79 Å². The second-order valence-electron chi connectivity index (χ2n) is 4.77. The number of hydrogen-bond acceptors (Lipinski definition) is 2. The van der Waals surface area contributed by atoms with Crippen LogP contribution in [-0.4, -0.2) is 18.0 Å². The summed E-state index contributed by atoms with van der Waals surface area (Å²) in [6, 6.07) is 0.727. The van der Waals surface area contributed by atoms with E-state index in [4.69, 9.17) is 5.73 Å². The van der Waals surface area contributed by atoms with Crippen LogP contribution in [0.2, 0.25) is 0 Å². The first-order valence-corrected chi connectivity index (χ1v) is 5.81. The van der Waals surface area contributed by atoms with Gasteiger partial charge in [0.1, 0.15) is 0 Å². The fraction of sp³-hybridized carbons (Fsp3) is 0.909. The predicted molar refractivity (Wildman–Crippen MR) is 63.0 cm³/mol. The maximum absolute atomic E-state index is 11.7. The summed E-state index contributed by atoms with van der Waals surface area (Å²) >= 11 is 0. The summed E-state index contributed by atoms with van der Waals surface area (Å²) in [7, 11) is 0. The summed E-state index contributed by atoms with van der Waals surface area (Å²) in [5.41, 5.74) is 5.66. The van der Waals surface area contributed by atoms with Crippen LogP contribution in [0.25, 0.3) is 0 Å². The number of amides is 1. The lowest BCUT2D eigenvalue weighted by Crippen LogP contribution is -2.48. The zero-order valence-corrected chi connectivity index (χ0v) is 9.89. The standard InChI is InChI=1S/C11H20N2O.ClH/c12-9-6-8(7-9)11(14)13-10-4-2-1-3-5-10;/h8-10H,1-7,12H2,(H,13,14);1H. The third-order valence-electron chi connectivity index (χ3n) is 3.50. The van der Waals surface area contributed by atoms with Gasteiger partial charge in [0.25, 0.3) is 0 Å². The van der Waals surface area contributed by atoms with Gasteiger partial charge in [-0.2, -0.15) is 0 Å². The van der Waals surface area contributed by atoms with E-state index in [1.54, 1.807) is 0 Å². The van der Waals surface area contributed by atoms with Crippen molar-refractivity contribution in [3.05, 3.63) is 0 Å². The topological polar surface area (TPSA) is 55.1 Å². The zero-order chi connectivity index (χ0) is 9.97. The second-order valence-corrected chi connectivity index (χ2v) is 4.77. The van der Waals surface area contributed by atoms with Crippen LogP contribution in [0, 0.1) is 5.92 Å². The number of nitrogens with one attached hydrogen (secondary N) is 1. The Hall–Kier alpha value is -0.280. The first kappa shape index (κ1) is 12.8. The smallest absolute Gasteiger partial charge is 0.223 e. The van der Waals surface area contributed by atoms with Gasteiger partial charge in [0.05, 0.1) is 0 Å². The molecule has 0 aromatic heterocycles. The van der Waals surface area contributed by atoms with Crippen LogP contribution in [0.5, 0.6) is 0 Å². The first-order valence-electron chi connectivity index (χ1n) is 5.81. The fourth-order valence-electron chi connectivity index (χ4n) is 2.44. The Morgan fingerprint density at radius 2 is 1.73 bits per heavy atom. The molecular formula is C11H21ClN2O. The Kier molecular flexibility index (Phi) is 4.87. The minimum Gasteiger partial charge on any atom is -0.353 e. The molecule has 0 aromatic carbocycles. The van der Waals surface area contributed by atoms with Crippen LogP contribution in [0.3, 0.4) is 0 Å². The van der Waals surface area contributed by atoms with Gasteiger partial charge in [-0.1, -0.05) is 19.3 Å². The first-order chi connectivity index (χ1) is 6.75. The number of halogens is 1. The van der Waals surface area contributed by atoms with Crippen LogP contribution in [0.4, 0.5) is 0 Å². The predicted octanol–water partition coefficient (Wildman–Crippen LogP) is 1.59. The van der Waals surface area contributed by atoms with E-state index >= 15 is 0 Å². The molecule has 2 rings (SSSR count). The van der Waals surface area contributed by atoms with E-state index in [-0.39, 0.29) is 30.3 Å². The van der Waals surface area contributed by atoms with Crippen molar-refractivity contribution in [3.63, 3.8) is 0 Å². The number of hydrogen-bond donors (Lipinski definition) is 2. The molecule has 0 aliphatic heterocycles. The van der Waals surface area contributed by atoms with E-state index in [9.17, 15) is 4.79 Å². The van der Waals surface area contributed by atoms with Gasteiger partial charge in [0.15, 0.2) is 0 Å². The molecule has 0 atom stereocenters. The van der Waals surface area contributed by atoms with E-state index in [2.05, 4.69) is 5.32 Å². The van der Waals surface area contributed by atoms with Crippen LogP contribution < -0.4 is 11.1 Å². The third-order valence-corrected chi connectivity index (χ3v) is 3.50. The van der Waals surface area contributed by atoms with Crippen molar-refractivity contribution in [2.75, 3.05) is 0 Å². The normalized spacial score (nSPS) is 31.3. The van der Waals surface area contributed by atoms with Crippen molar-refractivity contribution in [1.82, 2.24) is 5.32 Å². The molecule has 0 heterocycles. The molecule has 3 nitrogen and oxygen atoms in total. The van der Waals surface area contributed by atoms with Gasteiger partial charge in [-0.15, -0.1) is 12.4 Å². The largest absolute Gasteiger partial charge is 0.353 e. The highest BCUT2D eigenvalue weighted by Crippen LogP contribution is 2.26. The van der Waals surface area contributed by atoms with E-state index in [1.807, 2.05) is 0 Å². The number of nitrogens with two attached hydrogens (primary N) is 1. The van der Waals surface area contributed by atoms with Gasteiger partial charge in [-0.25, -0.2) is 0 Å². The van der Waals surface area contributed by atoms with Crippen molar-refractivity contribution >= 4 is 18.3 Å². The maximum atomic E-state index is 11.7. The number of rotatable bonds is 2.